The summed E-state index contributed by atoms with van der Waals surface area (Å²) < 4.78 is 0. The number of carbonyl (C=O) groups excluding carboxylic acids is 1. The number of carbonyl (C=O) groups is 1. The molecule has 0 radical (unpaired) electrons. The van der Waals surface area contributed by atoms with E-state index in [1.165, 1.54) is 0 Å². The maximum atomic E-state index is 12.6. The van der Waals surface area contributed by atoms with Crippen molar-refractivity contribution in [2.45, 2.75) is 25.3 Å². The van der Waals surface area contributed by atoms with Crippen molar-refractivity contribution in [3.8, 4) is 0 Å². The molecule has 3 aromatic heterocycles. The number of anilines is 1. The first-order valence-corrected chi connectivity index (χ1v) is 9.06. The SMILES string of the molecule is O=C(NCCc1ccc[nH]1)C1CCCN1c1ncnc2sccc12. The molecule has 24 heavy (non-hydrogen) atoms. The summed E-state index contributed by atoms with van der Waals surface area (Å²) >= 11 is 1.60. The molecule has 0 spiro atoms. The number of thiophene rings is 1. The number of nitrogens with zero attached hydrogens (tertiary/aromatic N) is 3. The molecule has 2 N–H and O–H groups in total. The van der Waals surface area contributed by atoms with Gasteiger partial charge in [-0.05, 0) is 36.4 Å². The number of hydrogen-bond acceptors (Lipinski definition) is 5. The van der Waals surface area contributed by atoms with E-state index in [0.29, 0.717) is 6.54 Å². The van der Waals surface area contributed by atoms with Crippen molar-refractivity contribution in [1.82, 2.24) is 20.3 Å². The second kappa shape index (κ2) is 6.60. The van der Waals surface area contributed by atoms with E-state index in [2.05, 4.69) is 25.2 Å². The number of amides is 1. The van der Waals surface area contributed by atoms with Crippen LogP contribution in [0.3, 0.4) is 0 Å². The topological polar surface area (TPSA) is 73.9 Å². The highest BCUT2D eigenvalue weighted by Crippen LogP contribution is 2.31. The Labute approximate surface area is 143 Å². The highest BCUT2D eigenvalue weighted by molar-refractivity contribution is 7.16. The van der Waals surface area contributed by atoms with E-state index in [9.17, 15) is 4.79 Å². The molecule has 7 heteroatoms. The highest BCUT2D eigenvalue weighted by Gasteiger charge is 2.32. The summed E-state index contributed by atoms with van der Waals surface area (Å²) in [7, 11) is 0. The van der Waals surface area contributed by atoms with E-state index in [0.717, 1.165) is 47.5 Å². The molecule has 6 nitrogen and oxygen atoms in total. The van der Waals surface area contributed by atoms with Gasteiger partial charge in [-0.2, -0.15) is 0 Å². The Hall–Kier alpha value is -2.41. The van der Waals surface area contributed by atoms with Crippen LogP contribution in [-0.4, -0.2) is 40.0 Å². The first-order valence-electron chi connectivity index (χ1n) is 8.18. The van der Waals surface area contributed by atoms with Crippen LogP contribution in [0.4, 0.5) is 5.82 Å². The van der Waals surface area contributed by atoms with Gasteiger partial charge in [0, 0.05) is 31.4 Å². The normalized spacial score (nSPS) is 17.5. The quantitative estimate of drug-likeness (QED) is 0.747. The minimum Gasteiger partial charge on any atom is -0.365 e. The lowest BCUT2D eigenvalue weighted by atomic mass is 10.2. The van der Waals surface area contributed by atoms with E-state index in [1.54, 1.807) is 17.7 Å². The molecule has 1 atom stereocenters. The number of fused-ring (bicyclic) bond motifs is 1. The zero-order valence-electron chi connectivity index (χ0n) is 13.2. The number of aromatic nitrogens is 3. The fraction of sp³-hybridized carbons (Fsp3) is 0.353. The number of nitrogens with one attached hydrogen (secondary N) is 2. The summed E-state index contributed by atoms with van der Waals surface area (Å²) in [6.07, 6.45) is 6.17. The van der Waals surface area contributed by atoms with Gasteiger partial charge in [-0.15, -0.1) is 11.3 Å². The van der Waals surface area contributed by atoms with Crippen LogP contribution in [0.2, 0.25) is 0 Å². The van der Waals surface area contributed by atoms with Crippen LogP contribution < -0.4 is 10.2 Å². The number of hydrogen-bond donors (Lipinski definition) is 2. The van der Waals surface area contributed by atoms with Gasteiger partial charge in [-0.1, -0.05) is 0 Å². The molecule has 0 aromatic carbocycles. The third-order valence-corrected chi connectivity index (χ3v) is 5.24. The van der Waals surface area contributed by atoms with Crippen molar-refractivity contribution in [1.29, 1.82) is 0 Å². The lowest BCUT2D eigenvalue weighted by molar-refractivity contribution is -0.122. The van der Waals surface area contributed by atoms with Crippen LogP contribution in [0.25, 0.3) is 10.2 Å². The summed E-state index contributed by atoms with van der Waals surface area (Å²) in [6.45, 7) is 1.50. The van der Waals surface area contributed by atoms with Crippen LogP contribution in [0.5, 0.6) is 0 Å². The van der Waals surface area contributed by atoms with Gasteiger partial charge in [0.15, 0.2) is 0 Å². The van der Waals surface area contributed by atoms with Crippen molar-refractivity contribution in [2.24, 2.45) is 0 Å². The van der Waals surface area contributed by atoms with Crippen LogP contribution in [0.15, 0.2) is 36.1 Å². The van der Waals surface area contributed by atoms with E-state index in [-0.39, 0.29) is 11.9 Å². The molecule has 124 valence electrons. The van der Waals surface area contributed by atoms with Crippen molar-refractivity contribution < 1.29 is 4.79 Å². The summed E-state index contributed by atoms with van der Waals surface area (Å²) in [5.41, 5.74) is 1.13. The number of aromatic amines is 1. The molecule has 0 saturated carbocycles. The van der Waals surface area contributed by atoms with Crippen molar-refractivity contribution >= 4 is 33.3 Å². The Balaban J connectivity index is 1.46. The zero-order chi connectivity index (χ0) is 16.4. The largest absolute Gasteiger partial charge is 0.365 e. The van der Waals surface area contributed by atoms with E-state index in [1.807, 2.05) is 29.8 Å². The van der Waals surface area contributed by atoms with E-state index < -0.39 is 0 Å². The lowest BCUT2D eigenvalue weighted by Crippen LogP contribution is -2.44. The molecule has 1 fully saturated rings. The molecule has 1 saturated heterocycles. The Morgan fingerprint density at radius 1 is 1.42 bits per heavy atom. The average molecular weight is 341 g/mol. The predicted octanol–water partition coefficient (Wildman–Crippen LogP) is 2.35. The van der Waals surface area contributed by atoms with Gasteiger partial charge < -0.3 is 15.2 Å². The average Bonchev–Trinajstić information content (AvgIpc) is 3.34. The standard InChI is InChI=1S/C17H19N5OS/c23-16(19-8-5-12-3-1-7-18-12)14-4-2-9-22(14)15-13-6-10-24-17(13)21-11-20-15/h1,3,6-7,10-11,14,18H,2,4-5,8-9H2,(H,19,23). The monoisotopic (exact) mass is 341 g/mol. The highest BCUT2D eigenvalue weighted by atomic mass is 32.1. The molecule has 1 unspecified atom stereocenters. The van der Waals surface area contributed by atoms with Gasteiger partial charge >= 0.3 is 0 Å². The van der Waals surface area contributed by atoms with Gasteiger partial charge in [-0.3, -0.25) is 4.79 Å². The maximum Gasteiger partial charge on any atom is 0.242 e. The van der Waals surface area contributed by atoms with Crippen LogP contribution in [0, 0.1) is 0 Å². The van der Waals surface area contributed by atoms with Crippen LogP contribution >= 0.6 is 11.3 Å². The zero-order valence-corrected chi connectivity index (χ0v) is 14.1. The Morgan fingerprint density at radius 3 is 3.25 bits per heavy atom. The Kier molecular flexibility index (Phi) is 4.17. The van der Waals surface area contributed by atoms with E-state index in [4.69, 9.17) is 0 Å². The van der Waals surface area contributed by atoms with Gasteiger partial charge in [0.2, 0.25) is 5.91 Å². The third kappa shape index (κ3) is 2.87. The lowest BCUT2D eigenvalue weighted by Gasteiger charge is -2.25. The molecule has 1 aliphatic heterocycles. The van der Waals surface area contributed by atoms with Gasteiger partial charge in [0.05, 0.1) is 5.39 Å². The molecule has 4 heterocycles. The summed E-state index contributed by atoms with van der Waals surface area (Å²) in [5, 5.41) is 6.12. The summed E-state index contributed by atoms with van der Waals surface area (Å²) in [5.74, 6) is 0.962. The number of rotatable bonds is 5. The molecule has 0 bridgehead atoms. The van der Waals surface area contributed by atoms with Gasteiger partial charge in [-0.25, -0.2) is 9.97 Å². The van der Waals surface area contributed by atoms with Crippen molar-refractivity contribution in [3.63, 3.8) is 0 Å². The second-order valence-corrected chi connectivity index (χ2v) is 6.82. The minimum atomic E-state index is -0.147. The Bertz CT molecular complexity index is 829. The molecular weight excluding hydrogens is 322 g/mol. The smallest absolute Gasteiger partial charge is 0.242 e. The fourth-order valence-electron chi connectivity index (χ4n) is 3.26. The fourth-order valence-corrected chi connectivity index (χ4v) is 3.99. The Morgan fingerprint density at radius 2 is 2.38 bits per heavy atom. The van der Waals surface area contributed by atoms with Crippen molar-refractivity contribution in [2.75, 3.05) is 18.0 Å². The minimum absolute atomic E-state index is 0.0843. The van der Waals surface area contributed by atoms with Crippen LogP contribution in [0.1, 0.15) is 18.5 Å². The second-order valence-electron chi connectivity index (χ2n) is 5.92. The third-order valence-electron chi connectivity index (χ3n) is 4.42. The van der Waals surface area contributed by atoms with Gasteiger partial charge in [0.25, 0.3) is 0 Å². The van der Waals surface area contributed by atoms with E-state index >= 15 is 0 Å². The molecular formula is C17H19N5OS. The predicted molar refractivity (Wildman–Crippen MR) is 95.3 cm³/mol. The molecule has 1 aliphatic rings. The summed E-state index contributed by atoms with van der Waals surface area (Å²) in [4.78, 5) is 27.6. The number of H-pyrrole nitrogens is 1. The maximum absolute atomic E-state index is 12.6. The molecule has 0 aliphatic carbocycles. The first kappa shape index (κ1) is 15.1. The first-order chi connectivity index (χ1) is 11.8. The molecule has 1 amide bonds. The summed E-state index contributed by atoms with van der Waals surface area (Å²) in [6, 6.07) is 5.89. The van der Waals surface area contributed by atoms with Gasteiger partial charge in [0.1, 0.15) is 23.0 Å². The van der Waals surface area contributed by atoms with Crippen molar-refractivity contribution in [3.05, 3.63) is 41.8 Å². The molecule has 3 aromatic rings. The molecule has 4 rings (SSSR count). The van der Waals surface area contributed by atoms with Crippen LogP contribution in [-0.2, 0) is 11.2 Å².